The fraction of sp³-hybridized carbons (Fsp3) is 0.357. The summed E-state index contributed by atoms with van der Waals surface area (Å²) < 4.78 is 15.8. The molecule has 0 amide bonds. The Morgan fingerprint density at radius 2 is 2.03 bits per heavy atom. The van der Waals surface area contributed by atoms with Gasteiger partial charge in [0, 0.05) is 46.0 Å². The topological polar surface area (TPSA) is 95.8 Å². The molecule has 0 bridgehead atoms. The van der Waals surface area contributed by atoms with Crippen molar-refractivity contribution in [3.05, 3.63) is 71.6 Å². The minimum atomic E-state index is -0.414. The fourth-order valence-electron chi connectivity index (χ4n) is 5.41. The summed E-state index contributed by atoms with van der Waals surface area (Å²) in [4.78, 5) is 17.2. The summed E-state index contributed by atoms with van der Waals surface area (Å²) in [6.07, 6.45) is 10.1. The molecule has 0 spiro atoms. The monoisotopic (exact) mass is 496 g/mol. The van der Waals surface area contributed by atoms with E-state index in [2.05, 4.69) is 56.9 Å². The second-order valence-corrected chi connectivity index (χ2v) is 10.4. The van der Waals surface area contributed by atoms with Crippen molar-refractivity contribution < 1.29 is 4.39 Å². The van der Waals surface area contributed by atoms with Crippen molar-refractivity contribution in [3.8, 4) is 11.4 Å². The number of H-pyrrole nitrogens is 1. The first-order chi connectivity index (χ1) is 18.1. The van der Waals surface area contributed by atoms with Crippen molar-refractivity contribution in [1.29, 1.82) is 0 Å². The molecule has 0 unspecified atom stereocenters. The predicted molar refractivity (Wildman–Crippen MR) is 141 cm³/mol. The molecule has 9 heteroatoms. The summed E-state index contributed by atoms with van der Waals surface area (Å²) in [6.45, 7) is 3.13. The maximum absolute atomic E-state index is 14.0. The van der Waals surface area contributed by atoms with Gasteiger partial charge in [-0.05, 0) is 69.2 Å². The van der Waals surface area contributed by atoms with Gasteiger partial charge in [0.1, 0.15) is 5.82 Å². The van der Waals surface area contributed by atoms with Gasteiger partial charge >= 0.3 is 0 Å². The standard InChI is InChI=1S/C28H29FN8/c1-16(31-12-17-6-7-17)23-15-32-37-27(23)35-26(18-10-19(29)14-30-13-18)36-28(37)33-20-8-9-25-22(11-20)21-4-2-3-5-24(21)34-25/h2-5,10,13-17,20,31,34H,6-9,11-12H2,1H3,(H,33,35,36)/t16-,20-/m1/s1. The van der Waals surface area contributed by atoms with Crippen LogP contribution < -0.4 is 10.6 Å². The van der Waals surface area contributed by atoms with E-state index >= 15 is 0 Å². The predicted octanol–water partition coefficient (Wildman–Crippen LogP) is 4.84. The van der Waals surface area contributed by atoms with Crippen molar-refractivity contribution in [2.75, 3.05) is 11.9 Å². The first kappa shape index (κ1) is 22.4. The van der Waals surface area contributed by atoms with Crippen molar-refractivity contribution in [3.63, 3.8) is 0 Å². The van der Waals surface area contributed by atoms with Gasteiger partial charge in [0.25, 0.3) is 0 Å². The van der Waals surface area contributed by atoms with Gasteiger partial charge < -0.3 is 15.6 Å². The van der Waals surface area contributed by atoms with Crippen LogP contribution in [0.2, 0.25) is 0 Å². The van der Waals surface area contributed by atoms with Crippen LogP contribution in [0.4, 0.5) is 10.3 Å². The van der Waals surface area contributed by atoms with Crippen LogP contribution in [0.25, 0.3) is 27.9 Å². The number of benzene rings is 1. The van der Waals surface area contributed by atoms with E-state index in [1.807, 2.05) is 6.20 Å². The van der Waals surface area contributed by atoms with E-state index in [9.17, 15) is 4.39 Å². The summed E-state index contributed by atoms with van der Waals surface area (Å²) in [5, 5.41) is 13.2. The molecule has 0 saturated heterocycles. The minimum Gasteiger partial charge on any atom is -0.358 e. The highest BCUT2D eigenvalue weighted by atomic mass is 19.1. The van der Waals surface area contributed by atoms with Crippen LogP contribution in [0.3, 0.4) is 0 Å². The maximum Gasteiger partial charge on any atom is 0.228 e. The SMILES string of the molecule is C[C@@H](NCC1CC1)c1cnn2c(N[C@@H]3CCc4[nH]c5ccccc5c4C3)nc(-c3cncc(F)c3)nc12. The Labute approximate surface area is 213 Å². The van der Waals surface area contributed by atoms with Crippen molar-refractivity contribution in [2.24, 2.45) is 5.92 Å². The van der Waals surface area contributed by atoms with E-state index < -0.39 is 5.82 Å². The number of hydrogen-bond acceptors (Lipinski definition) is 6. The van der Waals surface area contributed by atoms with Crippen LogP contribution in [-0.2, 0) is 12.8 Å². The Hall–Kier alpha value is -3.85. The molecule has 2 aliphatic carbocycles. The molecular formula is C28H29FN8. The van der Waals surface area contributed by atoms with Gasteiger partial charge in [0.15, 0.2) is 11.5 Å². The minimum absolute atomic E-state index is 0.0859. The molecule has 2 atom stereocenters. The first-order valence-corrected chi connectivity index (χ1v) is 13.1. The van der Waals surface area contributed by atoms with Gasteiger partial charge in [0.2, 0.25) is 5.95 Å². The summed E-state index contributed by atoms with van der Waals surface area (Å²) in [7, 11) is 0. The number of aromatic amines is 1. The number of aromatic nitrogens is 6. The molecule has 1 saturated carbocycles. The zero-order valence-corrected chi connectivity index (χ0v) is 20.7. The second kappa shape index (κ2) is 8.92. The lowest BCUT2D eigenvalue weighted by Gasteiger charge is -2.24. The second-order valence-electron chi connectivity index (χ2n) is 10.4. The molecule has 5 aromatic rings. The van der Waals surface area contributed by atoms with Crippen LogP contribution >= 0.6 is 0 Å². The number of pyridine rings is 1. The van der Waals surface area contributed by atoms with Gasteiger partial charge in [-0.2, -0.15) is 14.6 Å². The van der Waals surface area contributed by atoms with E-state index in [0.29, 0.717) is 17.3 Å². The first-order valence-electron chi connectivity index (χ1n) is 13.1. The van der Waals surface area contributed by atoms with Gasteiger partial charge in [0.05, 0.1) is 12.4 Å². The molecule has 37 heavy (non-hydrogen) atoms. The Balaban J connectivity index is 1.26. The van der Waals surface area contributed by atoms with Crippen LogP contribution in [0, 0.1) is 11.7 Å². The molecule has 3 N–H and O–H groups in total. The third kappa shape index (κ3) is 4.23. The third-order valence-corrected chi connectivity index (χ3v) is 7.66. The fourth-order valence-corrected chi connectivity index (χ4v) is 5.41. The average molecular weight is 497 g/mol. The molecule has 188 valence electrons. The molecule has 7 rings (SSSR count). The Morgan fingerprint density at radius 3 is 2.89 bits per heavy atom. The number of nitrogens with one attached hydrogen (secondary N) is 3. The van der Waals surface area contributed by atoms with Crippen molar-refractivity contribution in [1.82, 2.24) is 34.9 Å². The highest BCUT2D eigenvalue weighted by molar-refractivity contribution is 5.85. The van der Waals surface area contributed by atoms with Crippen LogP contribution in [0.1, 0.15) is 49.0 Å². The van der Waals surface area contributed by atoms with Crippen LogP contribution in [0.15, 0.2) is 48.9 Å². The number of nitrogens with zero attached hydrogens (tertiary/aromatic N) is 5. The molecule has 8 nitrogen and oxygen atoms in total. The van der Waals surface area contributed by atoms with Crippen molar-refractivity contribution in [2.45, 2.75) is 51.1 Å². The zero-order valence-electron chi connectivity index (χ0n) is 20.7. The number of hydrogen-bond donors (Lipinski definition) is 3. The van der Waals surface area contributed by atoms with E-state index in [0.717, 1.165) is 42.9 Å². The van der Waals surface area contributed by atoms with E-state index in [4.69, 9.17) is 9.97 Å². The lowest BCUT2D eigenvalue weighted by molar-refractivity contribution is 0.550. The highest BCUT2D eigenvalue weighted by Gasteiger charge is 2.26. The van der Waals surface area contributed by atoms with Gasteiger partial charge in [-0.25, -0.2) is 9.37 Å². The van der Waals surface area contributed by atoms with E-state index in [1.165, 1.54) is 47.3 Å². The molecule has 4 aromatic heterocycles. The number of para-hydroxylation sites is 1. The summed E-state index contributed by atoms with van der Waals surface area (Å²) in [6, 6.07) is 10.2. The van der Waals surface area contributed by atoms with Crippen LogP contribution in [-0.4, -0.2) is 42.1 Å². The van der Waals surface area contributed by atoms with Crippen molar-refractivity contribution >= 4 is 22.5 Å². The smallest absolute Gasteiger partial charge is 0.228 e. The molecule has 1 fully saturated rings. The number of halogens is 1. The normalized spacial score (nSPS) is 18.3. The molecule has 1 aromatic carbocycles. The zero-order chi connectivity index (χ0) is 24.9. The Bertz CT molecular complexity index is 1600. The molecule has 0 aliphatic heterocycles. The largest absolute Gasteiger partial charge is 0.358 e. The van der Waals surface area contributed by atoms with E-state index in [1.54, 1.807) is 10.7 Å². The number of fused-ring (bicyclic) bond motifs is 4. The molecule has 4 heterocycles. The summed E-state index contributed by atoms with van der Waals surface area (Å²) in [5.41, 5.74) is 6.12. The average Bonchev–Trinajstić information content (AvgIpc) is 3.53. The van der Waals surface area contributed by atoms with Gasteiger partial charge in [-0.1, -0.05) is 18.2 Å². The van der Waals surface area contributed by atoms with E-state index in [-0.39, 0.29) is 12.1 Å². The quantitative estimate of drug-likeness (QED) is 0.299. The molecular weight excluding hydrogens is 467 g/mol. The molecule has 2 aliphatic rings. The summed E-state index contributed by atoms with van der Waals surface area (Å²) >= 11 is 0. The molecule has 0 radical (unpaired) electrons. The third-order valence-electron chi connectivity index (χ3n) is 7.66. The highest BCUT2D eigenvalue weighted by Crippen LogP contribution is 2.32. The number of anilines is 1. The lowest BCUT2D eigenvalue weighted by atomic mass is 9.91. The van der Waals surface area contributed by atoms with Crippen LogP contribution in [0.5, 0.6) is 0 Å². The maximum atomic E-state index is 14.0. The number of rotatable bonds is 7. The van der Waals surface area contributed by atoms with Gasteiger partial charge in [-0.3, -0.25) is 4.98 Å². The lowest BCUT2D eigenvalue weighted by Crippen LogP contribution is -2.29. The number of aryl methyl sites for hydroxylation is 1. The van der Waals surface area contributed by atoms with Gasteiger partial charge in [-0.15, -0.1) is 0 Å². The summed E-state index contributed by atoms with van der Waals surface area (Å²) in [5.74, 6) is 1.40. The Morgan fingerprint density at radius 1 is 1.14 bits per heavy atom. The Kier molecular flexibility index (Phi) is 5.39.